The molecule has 0 saturated heterocycles. The first-order chi connectivity index (χ1) is 13.8. The van der Waals surface area contributed by atoms with Crippen LogP contribution in [0.15, 0.2) is 71.6 Å². The molecule has 3 aromatic rings. The third-order valence-corrected chi connectivity index (χ3v) is 6.15. The van der Waals surface area contributed by atoms with E-state index >= 15 is 0 Å². The number of benzene rings is 3. The van der Waals surface area contributed by atoms with Gasteiger partial charge in [-0.05, 0) is 73.4 Å². The van der Waals surface area contributed by atoms with Crippen LogP contribution in [-0.2, 0) is 16.4 Å². The quantitative estimate of drug-likeness (QED) is 0.608. The summed E-state index contributed by atoms with van der Waals surface area (Å²) in [7, 11) is -3.83. The predicted octanol–water partition coefficient (Wildman–Crippen LogP) is 4.92. The van der Waals surface area contributed by atoms with E-state index in [2.05, 4.69) is 17.0 Å². The first kappa shape index (κ1) is 20.6. The second-order valence-electron chi connectivity index (χ2n) is 6.96. The maximum Gasteiger partial charge on any atom is 0.262 e. The molecule has 0 bridgehead atoms. The lowest BCUT2D eigenvalue weighted by molar-refractivity contribution is 0.102. The largest absolute Gasteiger partial charge is 0.322 e. The maximum atomic E-state index is 12.9. The molecule has 0 aliphatic rings. The minimum absolute atomic E-state index is 0.0768. The number of hydrogen-bond acceptors (Lipinski definition) is 3. The summed E-state index contributed by atoms with van der Waals surface area (Å²) in [4.78, 5) is 12.7. The molecule has 0 unspecified atom stereocenters. The molecule has 2 N–H and O–H groups in total. The fraction of sp³-hybridized carbons (Fsp3) is 0.174. The molecule has 0 fully saturated rings. The lowest BCUT2D eigenvalue weighted by Crippen LogP contribution is -2.17. The van der Waals surface area contributed by atoms with E-state index in [1.165, 1.54) is 11.6 Å². The first-order valence-electron chi connectivity index (χ1n) is 9.39. The summed E-state index contributed by atoms with van der Waals surface area (Å²) in [5.41, 5.74) is 4.11. The third-order valence-electron chi connectivity index (χ3n) is 4.63. The second-order valence-corrected chi connectivity index (χ2v) is 8.61. The Hall–Kier alpha value is -3.12. The molecular formula is C23H24N2O3S. The highest BCUT2D eigenvalue weighted by Crippen LogP contribution is 2.22. The van der Waals surface area contributed by atoms with Crippen LogP contribution in [0.3, 0.4) is 0 Å². The van der Waals surface area contributed by atoms with Crippen molar-refractivity contribution in [2.45, 2.75) is 32.1 Å². The number of amides is 1. The zero-order valence-electron chi connectivity index (χ0n) is 16.7. The second kappa shape index (κ2) is 8.49. The summed E-state index contributed by atoms with van der Waals surface area (Å²) in [5, 5.41) is 2.81. The SMILES string of the molecule is CCc1ccc(NC(=O)c2ccc(C)c(S(=O)(=O)Nc3cccc(C)c3)c2)cc1. The van der Waals surface area contributed by atoms with Gasteiger partial charge in [0.15, 0.2) is 0 Å². The van der Waals surface area contributed by atoms with Gasteiger partial charge in [-0.25, -0.2) is 8.42 Å². The van der Waals surface area contributed by atoms with Crippen LogP contribution in [-0.4, -0.2) is 14.3 Å². The fourth-order valence-electron chi connectivity index (χ4n) is 2.98. The maximum absolute atomic E-state index is 12.9. The minimum atomic E-state index is -3.83. The molecule has 0 saturated carbocycles. The highest BCUT2D eigenvalue weighted by Gasteiger charge is 2.19. The van der Waals surface area contributed by atoms with Crippen molar-refractivity contribution in [1.29, 1.82) is 0 Å². The van der Waals surface area contributed by atoms with Crippen LogP contribution in [0.1, 0.15) is 34.0 Å². The Morgan fingerprint density at radius 3 is 2.28 bits per heavy atom. The summed E-state index contributed by atoms with van der Waals surface area (Å²) in [5.74, 6) is -0.360. The average Bonchev–Trinajstić information content (AvgIpc) is 2.68. The van der Waals surface area contributed by atoms with E-state index < -0.39 is 10.0 Å². The van der Waals surface area contributed by atoms with Crippen molar-refractivity contribution in [3.8, 4) is 0 Å². The molecule has 0 atom stereocenters. The molecule has 5 nitrogen and oxygen atoms in total. The van der Waals surface area contributed by atoms with Crippen molar-refractivity contribution in [2.75, 3.05) is 10.0 Å². The van der Waals surface area contributed by atoms with Crippen molar-refractivity contribution in [1.82, 2.24) is 0 Å². The van der Waals surface area contributed by atoms with Gasteiger partial charge < -0.3 is 5.32 Å². The number of carbonyl (C=O) groups is 1. The van der Waals surface area contributed by atoms with Gasteiger partial charge in [0.1, 0.15) is 0 Å². The summed E-state index contributed by atoms with van der Waals surface area (Å²) < 4.78 is 28.4. The topological polar surface area (TPSA) is 75.3 Å². The van der Waals surface area contributed by atoms with Crippen LogP contribution >= 0.6 is 0 Å². The van der Waals surface area contributed by atoms with Crippen molar-refractivity contribution in [2.24, 2.45) is 0 Å². The van der Waals surface area contributed by atoms with Crippen LogP contribution in [0.25, 0.3) is 0 Å². The third kappa shape index (κ3) is 5.03. The lowest BCUT2D eigenvalue weighted by Gasteiger charge is -2.13. The Morgan fingerprint density at radius 2 is 1.62 bits per heavy atom. The summed E-state index contributed by atoms with van der Waals surface area (Å²) in [6.45, 7) is 5.66. The molecule has 1 amide bonds. The number of carbonyl (C=O) groups excluding carboxylic acids is 1. The van der Waals surface area contributed by atoms with Crippen molar-refractivity contribution < 1.29 is 13.2 Å². The van der Waals surface area contributed by atoms with Gasteiger partial charge in [-0.1, -0.05) is 37.3 Å². The first-order valence-corrected chi connectivity index (χ1v) is 10.9. The Labute approximate surface area is 171 Å². The highest BCUT2D eigenvalue weighted by molar-refractivity contribution is 7.92. The van der Waals surface area contributed by atoms with Gasteiger partial charge in [-0.3, -0.25) is 9.52 Å². The molecule has 0 aliphatic carbocycles. The average molecular weight is 409 g/mol. The Balaban J connectivity index is 1.85. The van der Waals surface area contributed by atoms with E-state index in [9.17, 15) is 13.2 Å². The normalized spacial score (nSPS) is 11.1. The zero-order valence-corrected chi connectivity index (χ0v) is 17.5. The van der Waals surface area contributed by atoms with Crippen LogP contribution in [0.4, 0.5) is 11.4 Å². The van der Waals surface area contributed by atoms with Crippen LogP contribution in [0.2, 0.25) is 0 Å². The smallest absolute Gasteiger partial charge is 0.262 e. The minimum Gasteiger partial charge on any atom is -0.322 e. The number of aryl methyl sites for hydroxylation is 3. The molecule has 29 heavy (non-hydrogen) atoms. The van der Waals surface area contributed by atoms with Crippen molar-refractivity contribution in [3.05, 3.63) is 89.0 Å². The molecule has 3 rings (SSSR count). The van der Waals surface area contributed by atoms with E-state index in [4.69, 9.17) is 0 Å². The van der Waals surface area contributed by atoms with Crippen molar-refractivity contribution in [3.63, 3.8) is 0 Å². The molecule has 0 spiro atoms. The molecule has 0 aromatic heterocycles. The van der Waals surface area contributed by atoms with E-state index in [1.54, 1.807) is 37.3 Å². The Morgan fingerprint density at radius 1 is 0.897 bits per heavy atom. The lowest BCUT2D eigenvalue weighted by atomic mass is 10.1. The predicted molar refractivity (Wildman–Crippen MR) is 117 cm³/mol. The fourth-order valence-corrected chi connectivity index (χ4v) is 4.30. The Bertz CT molecular complexity index is 1140. The monoisotopic (exact) mass is 408 g/mol. The van der Waals surface area contributed by atoms with Gasteiger partial charge in [0.25, 0.3) is 15.9 Å². The number of nitrogens with one attached hydrogen (secondary N) is 2. The van der Waals surface area contributed by atoms with Gasteiger partial charge in [0.05, 0.1) is 4.90 Å². The zero-order chi connectivity index (χ0) is 21.0. The van der Waals surface area contributed by atoms with E-state index in [-0.39, 0.29) is 16.4 Å². The number of hydrogen-bond donors (Lipinski definition) is 2. The Kier molecular flexibility index (Phi) is 6.03. The molecule has 0 aliphatic heterocycles. The van der Waals surface area contributed by atoms with Crippen LogP contribution in [0, 0.1) is 13.8 Å². The van der Waals surface area contributed by atoms with E-state index in [0.717, 1.165) is 12.0 Å². The molecule has 0 heterocycles. The summed E-state index contributed by atoms with van der Waals surface area (Å²) in [6.07, 6.45) is 0.918. The van der Waals surface area contributed by atoms with Gasteiger partial charge >= 0.3 is 0 Å². The molecule has 6 heteroatoms. The van der Waals surface area contributed by atoms with Gasteiger partial charge in [0, 0.05) is 16.9 Å². The van der Waals surface area contributed by atoms with Gasteiger partial charge in [-0.2, -0.15) is 0 Å². The molecular weight excluding hydrogens is 384 g/mol. The standard InChI is InChI=1S/C23H24N2O3S/c1-4-18-9-12-20(13-10-18)24-23(26)19-11-8-17(3)22(15-19)29(27,28)25-21-7-5-6-16(2)14-21/h5-15,25H,4H2,1-3H3,(H,24,26). The number of sulfonamides is 1. The van der Waals surface area contributed by atoms with Crippen LogP contribution in [0.5, 0.6) is 0 Å². The van der Waals surface area contributed by atoms with Crippen molar-refractivity contribution >= 4 is 27.3 Å². The molecule has 150 valence electrons. The number of rotatable bonds is 6. The van der Waals surface area contributed by atoms with E-state index in [1.807, 2.05) is 37.3 Å². The summed E-state index contributed by atoms with van der Waals surface area (Å²) in [6, 6.07) is 19.4. The van der Waals surface area contributed by atoms with Crippen LogP contribution < -0.4 is 10.0 Å². The van der Waals surface area contributed by atoms with E-state index in [0.29, 0.717) is 16.9 Å². The van der Waals surface area contributed by atoms with Gasteiger partial charge in [0.2, 0.25) is 0 Å². The molecule has 0 radical (unpaired) electrons. The highest BCUT2D eigenvalue weighted by atomic mass is 32.2. The molecule has 3 aromatic carbocycles. The summed E-state index contributed by atoms with van der Waals surface area (Å²) >= 11 is 0. The number of anilines is 2. The van der Waals surface area contributed by atoms with Gasteiger partial charge in [-0.15, -0.1) is 0 Å².